The van der Waals surface area contributed by atoms with Crippen LogP contribution in [0.1, 0.15) is 6.42 Å². The maximum absolute atomic E-state index is 5.84. The first-order chi connectivity index (χ1) is 8.31. The van der Waals surface area contributed by atoms with E-state index in [1.165, 1.54) is 6.42 Å². The van der Waals surface area contributed by atoms with Crippen LogP contribution in [0, 0.1) is 0 Å². The van der Waals surface area contributed by atoms with Crippen molar-refractivity contribution >= 4 is 17.1 Å². The van der Waals surface area contributed by atoms with E-state index in [0.29, 0.717) is 12.1 Å². The number of aromatic nitrogens is 1. The number of likely N-dealkylation sites (tertiary alicyclic amines) is 1. The van der Waals surface area contributed by atoms with Gasteiger partial charge in [-0.2, -0.15) is 4.98 Å². The van der Waals surface area contributed by atoms with E-state index in [9.17, 15) is 0 Å². The number of nitrogens with zero attached hydrogens (tertiary/aromatic N) is 3. The zero-order valence-electron chi connectivity index (χ0n) is 9.84. The van der Waals surface area contributed by atoms with Crippen LogP contribution >= 0.6 is 0 Å². The van der Waals surface area contributed by atoms with Gasteiger partial charge < -0.3 is 9.32 Å². The Morgan fingerprint density at radius 1 is 1.24 bits per heavy atom. The molecule has 0 radical (unpaired) electrons. The lowest BCUT2D eigenvalue weighted by Crippen LogP contribution is -2.44. The quantitative estimate of drug-likeness (QED) is 0.745. The molecule has 2 aliphatic heterocycles. The largest absolute Gasteiger partial charge is 0.423 e. The summed E-state index contributed by atoms with van der Waals surface area (Å²) in [4.78, 5) is 9.34. The van der Waals surface area contributed by atoms with Gasteiger partial charge in [-0.3, -0.25) is 4.90 Å². The molecule has 3 heterocycles. The van der Waals surface area contributed by atoms with Gasteiger partial charge in [0.05, 0.1) is 0 Å². The van der Waals surface area contributed by atoms with Crippen LogP contribution in [0.4, 0.5) is 6.01 Å². The van der Waals surface area contributed by atoms with Gasteiger partial charge in [0.25, 0.3) is 6.01 Å². The van der Waals surface area contributed by atoms with Gasteiger partial charge in [-0.05, 0) is 25.6 Å². The van der Waals surface area contributed by atoms with E-state index in [2.05, 4.69) is 21.8 Å². The number of oxazole rings is 1. The van der Waals surface area contributed by atoms with Gasteiger partial charge in [0.1, 0.15) is 5.52 Å². The van der Waals surface area contributed by atoms with Crippen molar-refractivity contribution in [3.63, 3.8) is 0 Å². The van der Waals surface area contributed by atoms with Gasteiger partial charge in [-0.1, -0.05) is 12.1 Å². The van der Waals surface area contributed by atoms with Gasteiger partial charge in [0, 0.05) is 25.2 Å². The Bertz CT molecular complexity index is 530. The van der Waals surface area contributed by atoms with Crippen LogP contribution in [-0.2, 0) is 0 Å². The molecular weight excluding hydrogens is 214 g/mol. The SMILES string of the molecule is CN1C[C@@H]2C[C@H]1CN2c1nc2ccccc2o1. The molecule has 0 spiro atoms. The minimum Gasteiger partial charge on any atom is -0.423 e. The van der Waals surface area contributed by atoms with Gasteiger partial charge >= 0.3 is 0 Å². The minimum absolute atomic E-state index is 0.582. The minimum atomic E-state index is 0.582. The van der Waals surface area contributed by atoms with E-state index in [0.717, 1.165) is 30.2 Å². The molecule has 0 aliphatic carbocycles. The second-order valence-corrected chi connectivity index (χ2v) is 5.10. The Labute approximate surface area is 99.8 Å². The number of hydrogen-bond donors (Lipinski definition) is 0. The molecule has 1 aromatic heterocycles. The number of piperazine rings is 1. The molecule has 4 nitrogen and oxygen atoms in total. The highest BCUT2D eigenvalue weighted by atomic mass is 16.4. The first kappa shape index (κ1) is 9.48. The molecule has 1 aromatic carbocycles. The lowest BCUT2D eigenvalue weighted by atomic mass is 10.2. The van der Waals surface area contributed by atoms with Crippen molar-refractivity contribution in [2.24, 2.45) is 0 Å². The van der Waals surface area contributed by atoms with Crippen molar-refractivity contribution in [3.8, 4) is 0 Å². The van der Waals surface area contributed by atoms with E-state index in [4.69, 9.17) is 4.42 Å². The summed E-state index contributed by atoms with van der Waals surface area (Å²) in [7, 11) is 2.20. The third-order valence-corrected chi connectivity index (χ3v) is 4.04. The van der Waals surface area contributed by atoms with Crippen molar-refractivity contribution in [2.45, 2.75) is 18.5 Å². The van der Waals surface area contributed by atoms with E-state index in [1.807, 2.05) is 24.3 Å². The number of hydrogen-bond acceptors (Lipinski definition) is 4. The fraction of sp³-hybridized carbons (Fsp3) is 0.462. The molecule has 0 amide bonds. The summed E-state index contributed by atoms with van der Waals surface area (Å²) in [6.07, 6.45) is 1.25. The van der Waals surface area contributed by atoms with Crippen LogP contribution < -0.4 is 4.90 Å². The smallest absolute Gasteiger partial charge is 0.298 e. The molecule has 2 fully saturated rings. The van der Waals surface area contributed by atoms with Crippen LogP contribution in [-0.4, -0.2) is 42.1 Å². The number of likely N-dealkylation sites (N-methyl/N-ethyl adjacent to an activating group) is 1. The summed E-state index contributed by atoms with van der Waals surface area (Å²) in [6.45, 7) is 2.18. The Morgan fingerprint density at radius 2 is 2.12 bits per heavy atom. The zero-order chi connectivity index (χ0) is 11.4. The molecule has 2 aromatic rings. The standard InChI is InChI=1S/C13H15N3O/c1-15-7-10-6-9(15)8-16(10)13-14-11-4-2-3-5-12(11)17-13/h2-5,9-10H,6-8H2,1H3/t9-,10-/m0/s1. The average molecular weight is 229 g/mol. The molecule has 0 unspecified atom stereocenters. The van der Waals surface area contributed by atoms with Gasteiger partial charge in [-0.25, -0.2) is 0 Å². The fourth-order valence-corrected chi connectivity index (χ4v) is 3.08. The van der Waals surface area contributed by atoms with Crippen molar-refractivity contribution in [3.05, 3.63) is 24.3 Å². The summed E-state index contributed by atoms with van der Waals surface area (Å²) >= 11 is 0. The highest BCUT2D eigenvalue weighted by Crippen LogP contribution is 2.34. The highest BCUT2D eigenvalue weighted by Gasteiger charge is 2.43. The average Bonchev–Trinajstić information content (AvgIpc) is 2.99. The molecule has 0 saturated carbocycles. The fourth-order valence-electron chi connectivity index (χ4n) is 3.08. The highest BCUT2D eigenvalue weighted by molar-refractivity contribution is 5.74. The van der Waals surface area contributed by atoms with Crippen LogP contribution in [0.25, 0.3) is 11.1 Å². The molecule has 88 valence electrons. The van der Waals surface area contributed by atoms with Gasteiger partial charge in [0.15, 0.2) is 5.58 Å². The summed E-state index contributed by atoms with van der Waals surface area (Å²) in [5.74, 6) is 0. The van der Waals surface area contributed by atoms with Crippen molar-refractivity contribution in [1.29, 1.82) is 0 Å². The van der Waals surface area contributed by atoms with Crippen molar-refractivity contribution in [2.75, 3.05) is 25.0 Å². The number of anilines is 1. The molecule has 17 heavy (non-hydrogen) atoms. The van der Waals surface area contributed by atoms with Crippen LogP contribution in [0.2, 0.25) is 0 Å². The Morgan fingerprint density at radius 3 is 2.82 bits per heavy atom. The normalized spacial score (nSPS) is 28.4. The topological polar surface area (TPSA) is 32.5 Å². The summed E-state index contributed by atoms with van der Waals surface area (Å²) < 4.78 is 5.84. The number of benzene rings is 1. The first-order valence-electron chi connectivity index (χ1n) is 6.14. The Balaban J connectivity index is 1.71. The number of fused-ring (bicyclic) bond motifs is 3. The molecule has 4 rings (SSSR count). The maximum atomic E-state index is 5.84. The predicted molar refractivity (Wildman–Crippen MR) is 66.2 cm³/mol. The summed E-state index contributed by atoms with van der Waals surface area (Å²) in [5.41, 5.74) is 1.84. The van der Waals surface area contributed by atoms with E-state index < -0.39 is 0 Å². The van der Waals surface area contributed by atoms with Gasteiger partial charge in [0.2, 0.25) is 0 Å². The second kappa shape index (κ2) is 3.23. The van der Waals surface area contributed by atoms with E-state index in [1.54, 1.807) is 0 Å². The number of para-hydroxylation sites is 2. The van der Waals surface area contributed by atoms with Gasteiger partial charge in [-0.15, -0.1) is 0 Å². The number of rotatable bonds is 1. The van der Waals surface area contributed by atoms with E-state index in [-0.39, 0.29) is 0 Å². The van der Waals surface area contributed by atoms with Crippen molar-refractivity contribution < 1.29 is 4.42 Å². The summed E-state index contributed by atoms with van der Waals surface area (Å²) in [6, 6.07) is 10.0. The van der Waals surface area contributed by atoms with Crippen LogP contribution in [0.5, 0.6) is 0 Å². The lowest BCUT2D eigenvalue weighted by Gasteiger charge is -2.30. The third-order valence-electron chi connectivity index (χ3n) is 4.04. The molecule has 2 bridgehead atoms. The van der Waals surface area contributed by atoms with Crippen LogP contribution in [0.3, 0.4) is 0 Å². The predicted octanol–water partition coefficient (Wildman–Crippen LogP) is 1.72. The summed E-state index contributed by atoms with van der Waals surface area (Å²) in [5, 5.41) is 0. The molecular formula is C13H15N3O. The van der Waals surface area contributed by atoms with Crippen molar-refractivity contribution in [1.82, 2.24) is 9.88 Å². The molecule has 2 atom stereocenters. The first-order valence-corrected chi connectivity index (χ1v) is 6.14. The molecule has 4 heteroatoms. The Kier molecular flexibility index (Phi) is 1.80. The maximum Gasteiger partial charge on any atom is 0.298 e. The second-order valence-electron chi connectivity index (χ2n) is 5.10. The van der Waals surface area contributed by atoms with E-state index >= 15 is 0 Å². The third kappa shape index (κ3) is 1.30. The zero-order valence-corrected chi connectivity index (χ0v) is 9.84. The Hall–Kier alpha value is -1.55. The molecule has 0 N–H and O–H groups in total. The molecule has 2 aliphatic rings. The lowest BCUT2D eigenvalue weighted by molar-refractivity contribution is 0.288. The monoisotopic (exact) mass is 229 g/mol. The molecule has 2 saturated heterocycles. The van der Waals surface area contributed by atoms with Crippen LogP contribution in [0.15, 0.2) is 28.7 Å².